The molecule has 4 N–H and O–H groups in total. The van der Waals surface area contributed by atoms with Gasteiger partial charge < -0.3 is 20.8 Å². The third-order valence-electron chi connectivity index (χ3n) is 6.84. The van der Waals surface area contributed by atoms with E-state index in [2.05, 4.69) is 10.6 Å². The van der Waals surface area contributed by atoms with E-state index in [1.165, 1.54) is 0 Å². The average Bonchev–Trinajstić information content (AvgIpc) is 3.29. The fourth-order valence-corrected chi connectivity index (χ4v) is 5.05. The lowest BCUT2D eigenvalue weighted by Crippen LogP contribution is -2.52. The van der Waals surface area contributed by atoms with Crippen molar-refractivity contribution >= 4 is 17.8 Å². The molecule has 0 unspecified atom stereocenters. The first-order valence-electron chi connectivity index (χ1n) is 12.3. The van der Waals surface area contributed by atoms with E-state index >= 15 is 0 Å². The van der Waals surface area contributed by atoms with Gasteiger partial charge in [-0.05, 0) is 39.9 Å². The zero-order chi connectivity index (χ0) is 26.6. The van der Waals surface area contributed by atoms with Gasteiger partial charge in [0.2, 0.25) is 0 Å². The number of amides is 2. The number of carbonyl (C=O) groups is 3. The molecule has 1 aliphatic carbocycles. The van der Waals surface area contributed by atoms with Gasteiger partial charge in [0.1, 0.15) is 6.04 Å². The van der Waals surface area contributed by atoms with Crippen LogP contribution in [0.15, 0.2) is 109 Å². The van der Waals surface area contributed by atoms with Crippen LogP contribution in [0.25, 0.3) is 11.1 Å². The van der Waals surface area contributed by atoms with Gasteiger partial charge >= 0.3 is 5.97 Å². The molecule has 5 rings (SSSR count). The standard InChI is InChI=1S/C31H26N2O5/c34-28(26(19-11-3-1-4-12-19)32-29(35)20-13-5-2-6-14-20)30(36)33-27(31(37)38)25-23-17-9-7-15-21(23)22-16-8-10-18-24(22)25/h1-18,25-28,34H,(H,32,35)(H,33,36)(H,37,38)/t26-,27+,28+/m0/s1. The van der Waals surface area contributed by atoms with E-state index in [1.807, 2.05) is 48.5 Å². The molecule has 3 atom stereocenters. The van der Waals surface area contributed by atoms with E-state index < -0.39 is 41.9 Å². The number of aliphatic hydroxyl groups excluding tert-OH is 1. The summed E-state index contributed by atoms with van der Waals surface area (Å²) in [6.07, 6.45) is -1.75. The molecule has 4 aromatic carbocycles. The molecule has 38 heavy (non-hydrogen) atoms. The molecular formula is C31H26N2O5. The normalized spacial score (nSPS) is 14.4. The van der Waals surface area contributed by atoms with Crippen molar-refractivity contribution in [3.05, 3.63) is 131 Å². The number of hydrogen-bond acceptors (Lipinski definition) is 4. The Morgan fingerprint density at radius 2 is 1.16 bits per heavy atom. The summed E-state index contributed by atoms with van der Waals surface area (Å²) in [5.74, 6) is -3.25. The summed E-state index contributed by atoms with van der Waals surface area (Å²) in [4.78, 5) is 38.8. The molecule has 0 fully saturated rings. The molecule has 0 radical (unpaired) electrons. The van der Waals surface area contributed by atoms with Crippen LogP contribution in [-0.4, -0.2) is 40.1 Å². The number of benzene rings is 4. The Morgan fingerprint density at radius 1 is 0.658 bits per heavy atom. The fourth-order valence-electron chi connectivity index (χ4n) is 5.05. The van der Waals surface area contributed by atoms with E-state index in [1.54, 1.807) is 60.7 Å². The second kappa shape index (κ2) is 10.7. The lowest BCUT2D eigenvalue weighted by Gasteiger charge is -2.28. The molecule has 7 nitrogen and oxygen atoms in total. The maximum Gasteiger partial charge on any atom is 0.327 e. The fraction of sp³-hybridized carbons (Fsp3) is 0.129. The predicted octanol–water partition coefficient (Wildman–Crippen LogP) is 3.90. The quantitative estimate of drug-likeness (QED) is 0.289. The molecule has 0 saturated heterocycles. The summed E-state index contributed by atoms with van der Waals surface area (Å²) in [6.45, 7) is 0. The number of carbonyl (C=O) groups excluding carboxylic acids is 2. The van der Waals surface area contributed by atoms with E-state index in [9.17, 15) is 24.6 Å². The number of nitrogens with one attached hydrogen (secondary N) is 2. The van der Waals surface area contributed by atoms with Gasteiger partial charge in [-0.15, -0.1) is 0 Å². The van der Waals surface area contributed by atoms with Crippen LogP contribution in [0, 0.1) is 0 Å². The largest absolute Gasteiger partial charge is 0.480 e. The highest BCUT2D eigenvalue weighted by Gasteiger charge is 2.40. The molecular weight excluding hydrogens is 480 g/mol. The van der Waals surface area contributed by atoms with Crippen molar-refractivity contribution in [3.8, 4) is 11.1 Å². The molecule has 7 heteroatoms. The van der Waals surface area contributed by atoms with Crippen LogP contribution in [0.2, 0.25) is 0 Å². The number of aliphatic hydroxyl groups is 1. The Hall–Kier alpha value is -4.75. The SMILES string of the molecule is O=C(N[C@@H](c1ccccc1)[C@@H](O)C(=O)N[C@@H](C(=O)O)C1c2ccccc2-c2ccccc21)c1ccccc1. The van der Waals surface area contributed by atoms with Crippen LogP contribution in [0.3, 0.4) is 0 Å². The molecule has 0 aromatic heterocycles. The first kappa shape index (κ1) is 24.9. The van der Waals surface area contributed by atoms with Crippen LogP contribution < -0.4 is 10.6 Å². The van der Waals surface area contributed by atoms with Gasteiger partial charge in [-0.25, -0.2) is 4.79 Å². The Labute approximate surface area is 219 Å². The summed E-state index contributed by atoms with van der Waals surface area (Å²) >= 11 is 0. The summed E-state index contributed by atoms with van der Waals surface area (Å²) in [6, 6.07) is 29.6. The summed E-state index contributed by atoms with van der Waals surface area (Å²) < 4.78 is 0. The van der Waals surface area contributed by atoms with Gasteiger partial charge in [0, 0.05) is 11.5 Å². The highest BCUT2D eigenvalue weighted by Crippen LogP contribution is 2.46. The average molecular weight is 507 g/mol. The Kier molecular flexibility index (Phi) is 7.02. The molecule has 0 heterocycles. The van der Waals surface area contributed by atoms with E-state index in [-0.39, 0.29) is 0 Å². The topological polar surface area (TPSA) is 116 Å². The molecule has 0 bridgehead atoms. The minimum atomic E-state index is -1.75. The molecule has 0 spiro atoms. The minimum Gasteiger partial charge on any atom is -0.480 e. The molecule has 4 aromatic rings. The lowest BCUT2D eigenvalue weighted by atomic mass is 9.89. The smallest absolute Gasteiger partial charge is 0.327 e. The summed E-state index contributed by atoms with van der Waals surface area (Å²) in [5.41, 5.74) is 4.25. The first-order chi connectivity index (χ1) is 18.5. The van der Waals surface area contributed by atoms with Crippen molar-refractivity contribution in [2.45, 2.75) is 24.1 Å². The molecule has 190 valence electrons. The van der Waals surface area contributed by atoms with Gasteiger partial charge in [0.15, 0.2) is 6.10 Å². The molecule has 1 aliphatic rings. The van der Waals surface area contributed by atoms with E-state index in [4.69, 9.17) is 0 Å². The number of aliphatic carboxylic acids is 1. The Morgan fingerprint density at radius 3 is 1.71 bits per heavy atom. The Bertz CT molecular complexity index is 1430. The van der Waals surface area contributed by atoms with Crippen LogP contribution in [0.4, 0.5) is 0 Å². The summed E-state index contributed by atoms with van der Waals surface area (Å²) in [5, 5.41) is 26.7. The van der Waals surface area contributed by atoms with Crippen LogP contribution in [-0.2, 0) is 9.59 Å². The number of rotatable bonds is 8. The Balaban J connectivity index is 1.44. The second-order valence-electron chi connectivity index (χ2n) is 9.15. The van der Waals surface area contributed by atoms with Crippen molar-refractivity contribution in [2.75, 3.05) is 0 Å². The maximum atomic E-state index is 13.4. The third kappa shape index (κ3) is 4.79. The molecule has 0 saturated carbocycles. The van der Waals surface area contributed by atoms with Crippen molar-refractivity contribution in [3.63, 3.8) is 0 Å². The van der Waals surface area contributed by atoms with Gasteiger partial charge in [0.05, 0.1) is 6.04 Å². The zero-order valence-electron chi connectivity index (χ0n) is 20.3. The van der Waals surface area contributed by atoms with E-state index in [0.717, 1.165) is 22.3 Å². The van der Waals surface area contributed by atoms with Gasteiger partial charge in [0.25, 0.3) is 11.8 Å². The van der Waals surface area contributed by atoms with Crippen LogP contribution in [0.1, 0.15) is 39.0 Å². The second-order valence-corrected chi connectivity index (χ2v) is 9.15. The number of fused-ring (bicyclic) bond motifs is 3. The predicted molar refractivity (Wildman–Crippen MR) is 142 cm³/mol. The van der Waals surface area contributed by atoms with Gasteiger partial charge in [-0.1, -0.05) is 97.1 Å². The van der Waals surface area contributed by atoms with Crippen molar-refractivity contribution in [2.24, 2.45) is 0 Å². The monoisotopic (exact) mass is 506 g/mol. The third-order valence-corrected chi connectivity index (χ3v) is 6.84. The van der Waals surface area contributed by atoms with Gasteiger partial charge in [-0.3, -0.25) is 9.59 Å². The van der Waals surface area contributed by atoms with Crippen LogP contribution >= 0.6 is 0 Å². The molecule has 0 aliphatic heterocycles. The highest BCUT2D eigenvalue weighted by atomic mass is 16.4. The van der Waals surface area contributed by atoms with Crippen molar-refractivity contribution < 1.29 is 24.6 Å². The van der Waals surface area contributed by atoms with Gasteiger partial charge in [-0.2, -0.15) is 0 Å². The van der Waals surface area contributed by atoms with Crippen LogP contribution in [0.5, 0.6) is 0 Å². The highest BCUT2D eigenvalue weighted by molar-refractivity contribution is 5.95. The maximum absolute atomic E-state index is 13.4. The van der Waals surface area contributed by atoms with Crippen molar-refractivity contribution in [1.29, 1.82) is 0 Å². The lowest BCUT2D eigenvalue weighted by molar-refractivity contribution is -0.144. The summed E-state index contributed by atoms with van der Waals surface area (Å²) in [7, 11) is 0. The van der Waals surface area contributed by atoms with Crippen molar-refractivity contribution in [1.82, 2.24) is 10.6 Å². The number of carboxylic acid groups (broad SMARTS) is 1. The zero-order valence-corrected chi connectivity index (χ0v) is 20.3. The minimum absolute atomic E-state index is 0.364. The first-order valence-corrected chi connectivity index (χ1v) is 12.3. The van der Waals surface area contributed by atoms with E-state index in [0.29, 0.717) is 11.1 Å². The number of hydrogen-bond donors (Lipinski definition) is 4. The number of carboxylic acids is 1. The molecule has 2 amide bonds.